The summed E-state index contributed by atoms with van der Waals surface area (Å²) in [5.74, 6) is 0.326. The van der Waals surface area contributed by atoms with Crippen molar-refractivity contribution in [3.05, 3.63) is 36.0 Å². The van der Waals surface area contributed by atoms with Gasteiger partial charge in [0.05, 0.1) is 24.6 Å². The molecule has 1 unspecified atom stereocenters. The van der Waals surface area contributed by atoms with E-state index in [0.717, 1.165) is 12.1 Å². The van der Waals surface area contributed by atoms with Crippen LogP contribution in [-0.4, -0.2) is 32.6 Å². The number of rotatable bonds is 5. The summed E-state index contributed by atoms with van der Waals surface area (Å²) in [5, 5.41) is 12.4. The molecule has 0 spiro atoms. The molecule has 2 rings (SSSR count). The largest absolute Gasteiger partial charge is 0.369 e. The number of aromatic amines is 1. The number of amides is 1. The van der Waals surface area contributed by atoms with E-state index in [1.165, 1.54) is 6.20 Å². The van der Waals surface area contributed by atoms with Gasteiger partial charge >= 0.3 is 0 Å². The molecule has 2 heterocycles. The van der Waals surface area contributed by atoms with E-state index in [1.807, 2.05) is 13.8 Å². The lowest BCUT2D eigenvalue weighted by Crippen LogP contribution is -2.27. The first-order chi connectivity index (χ1) is 9.20. The maximum Gasteiger partial charge on any atom is 0.272 e. The van der Waals surface area contributed by atoms with E-state index in [2.05, 4.69) is 30.8 Å². The summed E-state index contributed by atoms with van der Waals surface area (Å²) in [5.41, 5.74) is 1.19. The van der Waals surface area contributed by atoms with Crippen LogP contribution >= 0.6 is 0 Å². The molecule has 0 fully saturated rings. The molecule has 7 nitrogen and oxygen atoms in total. The van der Waals surface area contributed by atoms with Crippen molar-refractivity contribution < 1.29 is 4.79 Å². The Morgan fingerprint density at radius 1 is 1.42 bits per heavy atom. The third-order valence-corrected chi connectivity index (χ3v) is 2.59. The van der Waals surface area contributed by atoms with Crippen LogP contribution in [-0.2, 0) is 0 Å². The zero-order chi connectivity index (χ0) is 13.7. The van der Waals surface area contributed by atoms with E-state index in [0.29, 0.717) is 5.82 Å². The highest BCUT2D eigenvalue weighted by Crippen LogP contribution is 2.10. The molecule has 0 aliphatic heterocycles. The summed E-state index contributed by atoms with van der Waals surface area (Å²) >= 11 is 0. The van der Waals surface area contributed by atoms with Gasteiger partial charge in [-0.05, 0) is 13.8 Å². The SMILES string of the molecule is CCNc1cncc(C(=O)NC(C)c2cn[nH]c2)n1. The van der Waals surface area contributed by atoms with E-state index in [1.54, 1.807) is 18.6 Å². The first-order valence-corrected chi connectivity index (χ1v) is 6.06. The van der Waals surface area contributed by atoms with Crippen molar-refractivity contribution in [3.63, 3.8) is 0 Å². The average molecular weight is 260 g/mol. The lowest BCUT2D eigenvalue weighted by Gasteiger charge is -2.11. The van der Waals surface area contributed by atoms with Gasteiger partial charge in [0, 0.05) is 18.3 Å². The topological polar surface area (TPSA) is 95.6 Å². The summed E-state index contributed by atoms with van der Waals surface area (Å²) in [6.07, 6.45) is 6.44. The summed E-state index contributed by atoms with van der Waals surface area (Å²) in [6, 6.07) is -0.143. The molecule has 3 N–H and O–H groups in total. The summed E-state index contributed by atoms with van der Waals surface area (Å²) in [6.45, 7) is 4.56. The van der Waals surface area contributed by atoms with Crippen molar-refractivity contribution in [3.8, 4) is 0 Å². The Hall–Kier alpha value is -2.44. The molecule has 0 bridgehead atoms. The van der Waals surface area contributed by atoms with E-state index < -0.39 is 0 Å². The molecular formula is C12H16N6O. The number of aromatic nitrogens is 4. The highest BCUT2D eigenvalue weighted by atomic mass is 16.1. The van der Waals surface area contributed by atoms with Crippen LogP contribution in [0.25, 0.3) is 0 Å². The Kier molecular flexibility index (Phi) is 4.07. The number of carbonyl (C=O) groups is 1. The normalized spacial score (nSPS) is 11.9. The van der Waals surface area contributed by atoms with Gasteiger partial charge in [0.25, 0.3) is 5.91 Å². The van der Waals surface area contributed by atoms with Crippen LogP contribution in [0.2, 0.25) is 0 Å². The van der Waals surface area contributed by atoms with Crippen molar-refractivity contribution in [2.45, 2.75) is 19.9 Å². The third kappa shape index (κ3) is 3.27. The minimum Gasteiger partial charge on any atom is -0.369 e. The van der Waals surface area contributed by atoms with Gasteiger partial charge in [-0.1, -0.05) is 0 Å². The number of carbonyl (C=O) groups excluding carboxylic acids is 1. The Bertz CT molecular complexity index is 539. The lowest BCUT2D eigenvalue weighted by molar-refractivity contribution is 0.0934. The molecule has 100 valence electrons. The molecule has 2 aromatic heterocycles. The lowest BCUT2D eigenvalue weighted by atomic mass is 10.2. The van der Waals surface area contributed by atoms with Crippen molar-refractivity contribution in [2.75, 3.05) is 11.9 Å². The van der Waals surface area contributed by atoms with Gasteiger partial charge in [-0.25, -0.2) is 4.98 Å². The summed E-state index contributed by atoms with van der Waals surface area (Å²) < 4.78 is 0. The van der Waals surface area contributed by atoms with Gasteiger partial charge < -0.3 is 10.6 Å². The average Bonchev–Trinajstić information content (AvgIpc) is 2.93. The summed E-state index contributed by atoms with van der Waals surface area (Å²) in [4.78, 5) is 20.2. The quantitative estimate of drug-likeness (QED) is 0.748. The van der Waals surface area contributed by atoms with Gasteiger partial charge in [-0.2, -0.15) is 5.10 Å². The van der Waals surface area contributed by atoms with Gasteiger partial charge in [-0.3, -0.25) is 14.9 Å². The van der Waals surface area contributed by atoms with Crippen LogP contribution in [0.4, 0.5) is 5.82 Å². The van der Waals surface area contributed by atoms with Gasteiger partial charge in [0.1, 0.15) is 11.5 Å². The van der Waals surface area contributed by atoms with Crippen LogP contribution in [0.3, 0.4) is 0 Å². The van der Waals surface area contributed by atoms with E-state index in [-0.39, 0.29) is 17.6 Å². The van der Waals surface area contributed by atoms with Crippen LogP contribution in [0.5, 0.6) is 0 Å². The number of H-pyrrole nitrogens is 1. The second-order valence-corrected chi connectivity index (χ2v) is 4.05. The molecule has 0 radical (unpaired) electrons. The van der Waals surface area contributed by atoms with Gasteiger partial charge in [0.2, 0.25) is 0 Å². The fraction of sp³-hybridized carbons (Fsp3) is 0.333. The number of nitrogens with one attached hydrogen (secondary N) is 3. The molecule has 0 aromatic carbocycles. The van der Waals surface area contributed by atoms with Crippen molar-refractivity contribution in [2.24, 2.45) is 0 Å². The maximum atomic E-state index is 12.0. The molecule has 0 aliphatic rings. The third-order valence-electron chi connectivity index (χ3n) is 2.59. The van der Waals surface area contributed by atoms with Crippen molar-refractivity contribution in [1.82, 2.24) is 25.5 Å². The Morgan fingerprint density at radius 3 is 2.95 bits per heavy atom. The number of hydrogen-bond acceptors (Lipinski definition) is 5. The van der Waals surface area contributed by atoms with E-state index in [4.69, 9.17) is 0 Å². The maximum absolute atomic E-state index is 12.0. The van der Waals surface area contributed by atoms with Gasteiger partial charge in [0.15, 0.2) is 0 Å². The molecule has 0 aliphatic carbocycles. The highest BCUT2D eigenvalue weighted by Gasteiger charge is 2.13. The van der Waals surface area contributed by atoms with Crippen molar-refractivity contribution >= 4 is 11.7 Å². The molecule has 7 heteroatoms. The summed E-state index contributed by atoms with van der Waals surface area (Å²) in [7, 11) is 0. The Morgan fingerprint density at radius 2 is 2.26 bits per heavy atom. The van der Waals surface area contributed by atoms with Crippen LogP contribution in [0.15, 0.2) is 24.8 Å². The second kappa shape index (κ2) is 5.94. The molecule has 19 heavy (non-hydrogen) atoms. The fourth-order valence-electron chi connectivity index (χ4n) is 1.59. The number of anilines is 1. The van der Waals surface area contributed by atoms with E-state index >= 15 is 0 Å². The molecule has 0 saturated heterocycles. The predicted octanol–water partition coefficient (Wildman–Crippen LogP) is 1.12. The zero-order valence-electron chi connectivity index (χ0n) is 10.8. The molecule has 1 atom stereocenters. The fourth-order valence-corrected chi connectivity index (χ4v) is 1.59. The molecule has 1 amide bonds. The van der Waals surface area contributed by atoms with Crippen LogP contribution < -0.4 is 10.6 Å². The molecule has 2 aromatic rings. The molecule has 0 saturated carbocycles. The minimum absolute atomic E-state index is 0.143. The smallest absolute Gasteiger partial charge is 0.272 e. The number of nitrogens with zero attached hydrogens (tertiary/aromatic N) is 3. The first-order valence-electron chi connectivity index (χ1n) is 6.06. The Balaban J connectivity index is 2.05. The van der Waals surface area contributed by atoms with E-state index in [9.17, 15) is 4.79 Å². The predicted molar refractivity (Wildman–Crippen MR) is 70.7 cm³/mol. The zero-order valence-corrected chi connectivity index (χ0v) is 10.8. The Labute approximate surface area is 110 Å². The molecular weight excluding hydrogens is 244 g/mol. The van der Waals surface area contributed by atoms with Crippen LogP contribution in [0, 0.1) is 0 Å². The monoisotopic (exact) mass is 260 g/mol. The second-order valence-electron chi connectivity index (χ2n) is 4.05. The number of hydrogen-bond donors (Lipinski definition) is 3. The van der Waals surface area contributed by atoms with Crippen LogP contribution in [0.1, 0.15) is 35.9 Å². The van der Waals surface area contributed by atoms with Gasteiger partial charge in [-0.15, -0.1) is 0 Å². The first kappa shape index (κ1) is 13.0. The highest BCUT2D eigenvalue weighted by molar-refractivity contribution is 5.92. The standard InChI is InChI=1S/C12H16N6O/c1-3-14-11-7-13-6-10(18-11)12(19)17-8(2)9-4-15-16-5-9/h4-8H,3H2,1-2H3,(H,14,18)(H,15,16)(H,17,19). The minimum atomic E-state index is -0.263. The van der Waals surface area contributed by atoms with Crippen molar-refractivity contribution in [1.29, 1.82) is 0 Å².